The van der Waals surface area contributed by atoms with Crippen LogP contribution in [0.4, 0.5) is 5.69 Å². The zero-order valence-electron chi connectivity index (χ0n) is 25.7. The molecular formula is C34H43ClN2O6S. The van der Waals surface area contributed by atoms with Crippen LogP contribution in [0.1, 0.15) is 67.4 Å². The number of hydrogen-bond donors (Lipinski definition) is 2. The van der Waals surface area contributed by atoms with Crippen molar-refractivity contribution >= 4 is 33.3 Å². The zero-order chi connectivity index (χ0) is 31.4. The van der Waals surface area contributed by atoms with Gasteiger partial charge in [0.2, 0.25) is 10.0 Å². The number of aromatic carboxylic acids is 1. The second-order valence-corrected chi connectivity index (χ2v) is 16.1. The number of allylic oxidation sites excluding steroid dienone is 1. The lowest BCUT2D eigenvalue weighted by Crippen LogP contribution is -2.50. The molecule has 8 nitrogen and oxygen atoms in total. The number of carboxylic acid groups (broad SMARTS) is 1. The molecule has 5 atom stereocenters. The Balaban J connectivity index is 1.28. The Hall–Kier alpha value is -2.59. The van der Waals surface area contributed by atoms with Gasteiger partial charge in [0.05, 0.1) is 29.7 Å². The van der Waals surface area contributed by atoms with Crippen LogP contribution in [0.3, 0.4) is 0 Å². The maximum atomic E-state index is 12.0. The van der Waals surface area contributed by atoms with Gasteiger partial charge >= 0.3 is 5.97 Å². The first kappa shape index (κ1) is 31.4. The smallest absolute Gasteiger partial charge is 0.335 e. The number of benzene rings is 2. The van der Waals surface area contributed by atoms with Gasteiger partial charge in [0.1, 0.15) is 5.75 Å². The summed E-state index contributed by atoms with van der Waals surface area (Å²) in [4.78, 5) is 14.4. The molecule has 0 unspecified atom stereocenters. The van der Waals surface area contributed by atoms with Crippen LogP contribution < -0.4 is 14.8 Å². The van der Waals surface area contributed by atoms with Crippen molar-refractivity contribution in [3.8, 4) is 5.75 Å². The monoisotopic (exact) mass is 642 g/mol. The standard InChI is InChI=1S/C34H43ClN2O6S/c1-33(2,20-44(36,40)41)25-13-24(14-25)31(42-3)27-9-6-23(27)17-37-18-34(12-4-5-21-15-26(35)8-10-28(21)34)19-43-30-11-7-22(32(38)39)16-29(30)37/h7-8,10-11,13,15-16,23,25,27,31H,4-6,9,12,14,17-20H2,1-3H3,(H,38,39)(H2,36,40,41)/t23-,25+,27+,31+,34-/m0/s1. The molecule has 6 rings (SSSR count). The molecule has 1 saturated carbocycles. The van der Waals surface area contributed by atoms with E-state index >= 15 is 0 Å². The van der Waals surface area contributed by atoms with E-state index in [0.717, 1.165) is 62.3 Å². The first-order chi connectivity index (χ1) is 20.8. The number of nitrogens with zero attached hydrogens (tertiary/aromatic N) is 1. The molecule has 1 spiro atoms. The third-order valence-corrected chi connectivity index (χ3v) is 12.1. The minimum atomic E-state index is -3.57. The van der Waals surface area contributed by atoms with Crippen LogP contribution in [0.5, 0.6) is 5.75 Å². The Morgan fingerprint density at radius 3 is 2.68 bits per heavy atom. The molecule has 0 bridgehead atoms. The Bertz CT molecular complexity index is 1590. The second kappa shape index (κ2) is 11.6. The molecule has 2 aromatic carbocycles. The summed E-state index contributed by atoms with van der Waals surface area (Å²) in [6.07, 6.45) is 8.07. The van der Waals surface area contributed by atoms with Gasteiger partial charge in [0, 0.05) is 30.6 Å². The van der Waals surface area contributed by atoms with Crippen molar-refractivity contribution in [2.45, 2.75) is 63.9 Å². The topological polar surface area (TPSA) is 119 Å². The second-order valence-electron chi connectivity index (χ2n) is 14.1. The summed E-state index contributed by atoms with van der Waals surface area (Å²) in [5.74, 6) is 0.510. The lowest BCUT2D eigenvalue weighted by Gasteiger charge is -2.49. The first-order valence-corrected chi connectivity index (χ1v) is 17.7. The van der Waals surface area contributed by atoms with Gasteiger partial charge in [0.15, 0.2) is 0 Å². The molecule has 4 aliphatic rings. The highest BCUT2D eigenvalue weighted by Gasteiger charge is 2.47. The largest absolute Gasteiger partial charge is 0.490 e. The molecule has 10 heteroatoms. The van der Waals surface area contributed by atoms with Crippen molar-refractivity contribution in [3.63, 3.8) is 0 Å². The van der Waals surface area contributed by atoms with E-state index < -0.39 is 21.4 Å². The van der Waals surface area contributed by atoms with Crippen LogP contribution in [0.15, 0.2) is 48.0 Å². The Labute approximate surface area is 265 Å². The summed E-state index contributed by atoms with van der Waals surface area (Å²) in [6, 6.07) is 11.4. The van der Waals surface area contributed by atoms with Gasteiger partial charge in [-0.15, -0.1) is 0 Å². The zero-order valence-corrected chi connectivity index (χ0v) is 27.3. The van der Waals surface area contributed by atoms with E-state index in [9.17, 15) is 18.3 Å². The molecule has 2 aromatic rings. The molecule has 0 amide bonds. The SMILES string of the molecule is CO[C@H](C1=C[C@@H](C(C)(C)CS(N)(=O)=O)C1)[C@@H]1CC[C@H]1CN1C[C@@]2(CCCc3cc(Cl)ccc32)COc2ccc(C(=O)O)cc21. The molecule has 3 N–H and O–H groups in total. The number of hydrogen-bond acceptors (Lipinski definition) is 6. The average Bonchev–Trinajstić information content (AvgIpc) is 3.05. The van der Waals surface area contributed by atoms with E-state index in [4.69, 9.17) is 26.2 Å². The number of nitrogens with two attached hydrogens (primary N) is 1. The summed E-state index contributed by atoms with van der Waals surface area (Å²) < 4.78 is 36.2. The van der Waals surface area contributed by atoms with E-state index in [-0.39, 0.29) is 28.8 Å². The normalized spacial score (nSPS) is 27.2. The highest BCUT2D eigenvalue weighted by Crippen LogP contribution is 2.50. The third-order valence-electron chi connectivity index (χ3n) is 10.7. The number of carbonyl (C=O) groups is 1. The minimum Gasteiger partial charge on any atom is -0.490 e. The van der Waals surface area contributed by atoms with Crippen molar-refractivity contribution in [3.05, 3.63) is 69.8 Å². The number of primary sulfonamides is 1. The summed E-state index contributed by atoms with van der Waals surface area (Å²) in [5, 5.41) is 15.9. The molecule has 238 valence electrons. The van der Waals surface area contributed by atoms with E-state index in [0.29, 0.717) is 24.2 Å². The summed E-state index contributed by atoms with van der Waals surface area (Å²) in [5.41, 5.74) is 4.17. The van der Waals surface area contributed by atoms with Gasteiger partial charge in [-0.25, -0.2) is 18.4 Å². The molecule has 1 heterocycles. The average molecular weight is 643 g/mol. The van der Waals surface area contributed by atoms with Gasteiger partial charge in [-0.2, -0.15) is 0 Å². The number of sulfonamides is 1. The maximum Gasteiger partial charge on any atom is 0.335 e. The van der Waals surface area contributed by atoms with Gasteiger partial charge < -0.3 is 19.5 Å². The van der Waals surface area contributed by atoms with Gasteiger partial charge in [-0.3, -0.25) is 0 Å². The van der Waals surface area contributed by atoms with Crippen LogP contribution in [-0.2, 0) is 26.6 Å². The summed E-state index contributed by atoms with van der Waals surface area (Å²) in [6.45, 7) is 5.93. The molecule has 1 fully saturated rings. The predicted octanol–water partition coefficient (Wildman–Crippen LogP) is 5.81. The number of anilines is 1. The number of methoxy groups -OCH3 is 1. The van der Waals surface area contributed by atoms with Crippen LogP contribution in [0.2, 0.25) is 5.02 Å². The minimum absolute atomic E-state index is 0.0326. The van der Waals surface area contributed by atoms with Crippen molar-refractivity contribution in [1.82, 2.24) is 0 Å². The van der Waals surface area contributed by atoms with Crippen molar-refractivity contribution in [2.75, 3.05) is 37.5 Å². The van der Waals surface area contributed by atoms with Gasteiger partial charge in [0.25, 0.3) is 0 Å². The van der Waals surface area contributed by atoms with Crippen LogP contribution >= 0.6 is 11.6 Å². The number of carboxylic acids is 1. The van der Waals surface area contributed by atoms with E-state index in [1.54, 1.807) is 25.3 Å². The van der Waals surface area contributed by atoms with E-state index in [1.807, 2.05) is 19.9 Å². The Morgan fingerprint density at radius 2 is 2.02 bits per heavy atom. The number of halogens is 1. The molecular weight excluding hydrogens is 600 g/mol. The predicted molar refractivity (Wildman–Crippen MR) is 172 cm³/mol. The highest BCUT2D eigenvalue weighted by molar-refractivity contribution is 7.89. The number of ether oxygens (including phenoxy) is 2. The molecule has 44 heavy (non-hydrogen) atoms. The number of fused-ring (bicyclic) bond motifs is 3. The fraction of sp³-hybridized carbons (Fsp3) is 0.559. The van der Waals surface area contributed by atoms with Crippen LogP contribution in [0.25, 0.3) is 0 Å². The van der Waals surface area contributed by atoms with Crippen molar-refractivity contribution < 1.29 is 27.8 Å². The molecule has 3 aliphatic carbocycles. The van der Waals surface area contributed by atoms with Crippen LogP contribution in [-0.4, -0.2) is 58.2 Å². The summed E-state index contributed by atoms with van der Waals surface area (Å²) in [7, 11) is -1.81. The molecule has 0 saturated heterocycles. The Kier molecular flexibility index (Phi) is 8.31. The lowest BCUT2D eigenvalue weighted by molar-refractivity contribution is -0.00186. The molecule has 0 aromatic heterocycles. The van der Waals surface area contributed by atoms with Gasteiger partial charge in [-0.1, -0.05) is 37.6 Å². The van der Waals surface area contributed by atoms with E-state index in [2.05, 4.69) is 23.1 Å². The molecule has 0 radical (unpaired) electrons. The maximum absolute atomic E-state index is 12.0. The van der Waals surface area contributed by atoms with E-state index in [1.165, 1.54) is 16.7 Å². The third kappa shape index (κ3) is 6.00. The Morgan fingerprint density at radius 1 is 1.25 bits per heavy atom. The first-order valence-electron chi connectivity index (χ1n) is 15.6. The molecule has 1 aliphatic heterocycles. The lowest BCUT2D eigenvalue weighted by atomic mass is 9.62. The van der Waals surface area contributed by atoms with Gasteiger partial charge in [-0.05, 0) is 109 Å². The fourth-order valence-electron chi connectivity index (χ4n) is 8.17. The number of aryl methyl sites for hydroxylation is 1. The highest BCUT2D eigenvalue weighted by atomic mass is 35.5. The fourth-order valence-corrected chi connectivity index (χ4v) is 9.61. The number of rotatable bonds is 9. The quantitative estimate of drug-likeness (QED) is 0.331. The summed E-state index contributed by atoms with van der Waals surface area (Å²) >= 11 is 6.40. The van der Waals surface area contributed by atoms with Crippen LogP contribution in [0, 0.1) is 23.2 Å². The van der Waals surface area contributed by atoms with Crippen molar-refractivity contribution in [2.24, 2.45) is 28.3 Å². The van der Waals surface area contributed by atoms with Crippen molar-refractivity contribution in [1.29, 1.82) is 0 Å².